The van der Waals surface area contributed by atoms with Gasteiger partial charge >= 0.3 is 0 Å². The lowest BCUT2D eigenvalue weighted by Gasteiger charge is -2.12. The van der Waals surface area contributed by atoms with Crippen LogP contribution >= 0.6 is 11.8 Å². The first-order valence-corrected chi connectivity index (χ1v) is 8.71. The standard InChI is InChI=1S/C16H29N3S/c1-6-10-17-12(2)9-7-8-11-20-16-18-14(4)13(3)15(5)19-16/h12,17H,6-11H2,1-5H3. The molecule has 3 nitrogen and oxygen atoms in total. The van der Waals surface area contributed by atoms with E-state index < -0.39 is 0 Å². The number of hydrogen-bond acceptors (Lipinski definition) is 4. The fourth-order valence-corrected chi connectivity index (χ4v) is 2.95. The highest BCUT2D eigenvalue weighted by molar-refractivity contribution is 7.99. The molecule has 20 heavy (non-hydrogen) atoms. The van der Waals surface area contributed by atoms with Gasteiger partial charge in [0.1, 0.15) is 0 Å². The molecular weight excluding hydrogens is 266 g/mol. The molecule has 4 heteroatoms. The van der Waals surface area contributed by atoms with Gasteiger partial charge in [-0.05, 0) is 59.1 Å². The van der Waals surface area contributed by atoms with Gasteiger partial charge in [-0.1, -0.05) is 25.1 Å². The molecule has 0 spiro atoms. The molecule has 0 radical (unpaired) electrons. The first kappa shape index (κ1) is 17.4. The lowest BCUT2D eigenvalue weighted by molar-refractivity contribution is 0.496. The molecule has 1 N–H and O–H groups in total. The van der Waals surface area contributed by atoms with Gasteiger partial charge < -0.3 is 5.32 Å². The van der Waals surface area contributed by atoms with E-state index >= 15 is 0 Å². The molecule has 0 fully saturated rings. The van der Waals surface area contributed by atoms with Gasteiger partial charge in [0.25, 0.3) is 0 Å². The van der Waals surface area contributed by atoms with Crippen LogP contribution in [0.4, 0.5) is 0 Å². The predicted molar refractivity (Wildman–Crippen MR) is 88.6 cm³/mol. The van der Waals surface area contributed by atoms with Crippen LogP contribution in [0.25, 0.3) is 0 Å². The Bertz CT molecular complexity index is 384. The van der Waals surface area contributed by atoms with Gasteiger partial charge in [-0.3, -0.25) is 0 Å². The van der Waals surface area contributed by atoms with Crippen molar-refractivity contribution >= 4 is 11.8 Å². The maximum atomic E-state index is 4.55. The molecule has 0 amide bonds. The Balaban J connectivity index is 2.21. The van der Waals surface area contributed by atoms with Crippen molar-refractivity contribution in [1.82, 2.24) is 15.3 Å². The van der Waals surface area contributed by atoms with Crippen LogP contribution in [0.15, 0.2) is 5.16 Å². The monoisotopic (exact) mass is 295 g/mol. The van der Waals surface area contributed by atoms with Crippen molar-refractivity contribution in [3.63, 3.8) is 0 Å². The van der Waals surface area contributed by atoms with Crippen LogP contribution in [0.3, 0.4) is 0 Å². The van der Waals surface area contributed by atoms with Crippen molar-refractivity contribution in [3.8, 4) is 0 Å². The number of thioether (sulfide) groups is 1. The highest BCUT2D eigenvalue weighted by Crippen LogP contribution is 2.18. The van der Waals surface area contributed by atoms with E-state index in [1.807, 2.05) is 0 Å². The average molecular weight is 295 g/mol. The third kappa shape index (κ3) is 6.23. The Morgan fingerprint density at radius 3 is 2.35 bits per heavy atom. The normalized spacial score (nSPS) is 12.7. The molecule has 0 saturated carbocycles. The van der Waals surface area contributed by atoms with E-state index in [0.29, 0.717) is 6.04 Å². The van der Waals surface area contributed by atoms with E-state index in [-0.39, 0.29) is 0 Å². The maximum Gasteiger partial charge on any atom is 0.187 e. The SMILES string of the molecule is CCCNC(C)CCCCSc1nc(C)c(C)c(C)n1. The first-order chi connectivity index (χ1) is 9.54. The quantitative estimate of drug-likeness (QED) is 0.424. The summed E-state index contributed by atoms with van der Waals surface area (Å²) in [6.07, 6.45) is 4.98. The summed E-state index contributed by atoms with van der Waals surface area (Å²) in [5, 5.41) is 4.46. The Morgan fingerprint density at radius 2 is 1.75 bits per heavy atom. The number of nitrogens with one attached hydrogen (secondary N) is 1. The highest BCUT2D eigenvalue weighted by atomic mass is 32.2. The number of unbranched alkanes of at least 4 members (excludes halogenated alkanes) is 1. The summed E-state index contributed by atoms with van der Waals surface area (Å²) in [5.74, 6) is 1.11. The zero-order valence-corrected chi connectivity index (χ0v) is 14.4. The van der Waals surface area contributed by atoms with Crippen LogP contribution in [0.2, 0.25) is 0 Å². The van der Waals surface area contributed by atoms with Gasteiger partial charge in [-0.25, -0.2) is 9.97 Å². The van der Waals surface area contributed by atoms with Gasteiger partial charge in [0.05, 0.1) is 0 Å². The first-order valence-electron chi connectivity index (χ1n) is 7.72. The molecule has 1 heterocycles. The third-order valence-electron chi connectivity index (χ3n) is 3.62. The molecule has 1 atom stereocenters. The fourth-order valence-electron chi connectivity index (χ4n) is 2.01. The van der Waals surface area contributed by atoms with Crippen LogP contribution in [0.1, 0.15) is 56.5 Å². The van der Waals surface area contributed by atoms with Gasteiger partial charge in [0.2, 0.25) is 0 Å². The molecule has 0 saturated heterocycles. The van der Waals surface area contributed by atoms with Gasteiger partial charge in [-0.15, -0.1) is 0 Å². The van der Waals surface area contributed by atoms with Crippen molar-refractivity contribution < 1.29 is 0 Å². The molecular formula is C16H29N3S. The van der Waals surface area contributed by atoms with E-state index in [1.165, 1.54) is 31.2 Å². The number of nitrogens with zero attached hydrogens (tertiary/aromatic N) is 2. The van der Waals surface area contributed by atoms with E-state index in [9.17, 15) is 0 Å². The Kier molecular flexibility index (Phi) is 8.15. The predicted octanol–water partition coefficient (Wildman–Crippen LogP) is 4.05. The lowest BCUT2D eigenvalue weighted by atomic mass is 10.1. The Labute approximate surface area is 128 Å². The number of aromatic nitrogens is 2. The molecule has 0 aliphatic heterocycles. The van der Waals surface area contributed by atoms with E-state index in [0.717, 1.165) is 28.8 Å². The zero-order chi connectivity index (χ0) is 15.0. The van der Waals surface area contributed by atoms with Crippen molar-refractivity contribution in [2.24, 2.45) is 0 Å². The van der Waals surface area contributed by atoms with Gasteiger partial charge in [0, 0.05) is 23.2 Å². The minimum absolute atomic E-state index is 0.639. The van der Waals surface area contributed by atoms with Crippen LogP contribution in [0.5, 0.6) is 0 Å². The molecule has 0 aliphatic carbocycles. The smallest absolute Gasteiger partial charge is 0.187 e. The number of rotatable bonds is 9. The van der Waals surface area contributed by atoms with Gasteiger partial charge in [0.15, 0.2) is 5.16 Å². The van der Waals surface area contributed by atoms with Crippen LogP contribution in [-0.4, -0.2) is 28.3 Å². The van der Waals surface area contributed by atoms with Gasteiger partial charge in [-0.2, -0.15) is 0 Å². The lowest BCUT2D eigenvalue weighted by Crippen LogP contribution is -2.26. The molecule has 1 aromatic rings. The van der Waals surface area contributed by atoms with Crippen molar-refractivity contribution in [3.05, 3.63) is 17.0 Å². The second-order valence-corrected chi connectivity index (χ2v) is 6.56. The van der Waals surface area contributed by atoms with E-state index in [2.05, 4.69) is 49.9 Å². The summed E-state index contributed by atoms with van der Waals surface area (Å²) in [5.41, 5.74) is 3.43. The van der Waals surface area contributed by atoms with E-state index in [4.69, 9.17) is 0 Å². The Hall–Kier alpha value is -0.610. The van der Waals surface area contributed by atoms with Crippen molar-refractivity contribution in [1.29, 1.82) is 0 Å². The summed E-state index contributed by atoms with van der Waals surface area (Å²) < 4.78 is 0. The van der Waals surface area contributed by atoms with E-state index in [1.54, 1.807) is 11.8 Å². The molecule has 1 unspecified atom stereocenters. The minimum Gasteiger partial charge on any atom is -0.314 e. The molecule has 1 rings (SSSR count). The summed E-state index contributed by atoms with van der Waals surface area (Å²) in [6, 6.07) is 0.639. The Morgan fingerprint density at radius 1 is 1.10 bits per heavy atom. The zero-order valence-electron chi connectivity index (χ0n) is 13.6. The molecule has 114 valence electrons. The van der Waals surface area contributed by atoms with Crippen LogP contribution in [-0.2, 0) is 0 Å². The topological polar surface area (TPSA) is 37.8 Å². The van der Waals surface area contributed by atoms with Crippen molar-refractivity contribution in [2.45, 2.75) is 71.5 Å². The summed E-state index contributed by atoms with van der Waals surface area (Å²) in [6.45, 7) is 11.8. The molecule has 1 aromatic heterocycles. The molecule has 0 aromatic carbocycles. The summed E-state index contributed by atoms with van der Waals surface area (Å²) >= 11 is 1.78. The fraction of sp³-hybridized carbons (Fsp3) is 0.750. The van der Waals surface area contributed by atoms with Crippen molar-refractivity contribution in [2.75, 3.05) is 12.3 Å². The largest absolute Gasteiger partial charge is 0.314 e. The minimum atomic E-state index is 0.639. The summed E-state index contributed by atoms with van der Waals surface area (Å²) in [4.78, 5) is 9.09. The maximum absolute atomic E-state index is 4.55. The molecule has 0 aliphatic rings. The van der Waals surface area contributed by atoms with Crippen LogP contribution in [0, 0.1) is 20.8 Å². The third-order valence-corrected chi connectivity index (χ3v) is 4.55. The second kappa shape index (κ2) is 9.35. The number of hydrogen-bond donors (Lipinski definition) is 1. The summed E-state index contributed by atoms with van der Waals surface area (Å²) in [7, 11) is 0. The number of aryl methyl sites for hydroxylation is 2. The van der Waals surface area contributed by atoms with Crippen LogP contribution < -0.4 is 5.32 Å². The highest BCUT2D eigenvalue weighted by Gasteiger charge is 2.05. The molecule has 0 bridgehead atoms. The second-order valence-electron chi connectivity index (χ2n) is 5.50. The average Bonchev–Trinajstić information content (AvgIpc) is 2.42.